The van der Waals surface area contributed by atoms with Crippen LogP contribution < -0.4 is 5.32 Å². The third kappa shape index (κ3) is 5.11. The summed E-state index contributed by atoms with van der Waals surface area (Å²) in [6, 6.07) is 27.4. The van der Waals surface area contributed by atoms with Crippen molar-refractivity contribution in [1.82, 2.24) is 10.2 Å². The van der Waals surface area contributed by atoms with Gasteiger partial charge in [-0.3, -0.25) is 9.59 Å². The number of ketones is 1. The zero-order valence-electron chi connectivity index (χ0n) is 18.3. The Balaban J connectivity index is 1.29. The van der Waals surface area contributed by atoms with Gasteiger partial charge in [0.2, 0.25) is 11.8 Å². The van der Waals surface area contributed by atoms with Crippen molar-refractivity contribution in [1.29, 1.82) is 0 Å². The van der Waals surface area contributed by atoms with Gasteiger partial charge in [-0.25, -0.2) is 0 Å². The van der Waals surface area contributed by atoms with Gasteiger partial charge in [0.15, 0.2) is 5.78 Å². The second-order valence-corrected chi connectivity index (χ2v) is 8.98. The van der Waals surface area contributed by atoms with Crippen molar-refractivity contribution in [2.75, 3.05) is 11.1 Å². The molecule has 6 nitrogen and oxygen atoms in total. The molecule has 8 heteroatoms. The third-order valence-electron chi connectivity index (χ3n) is 5.29. The number of halogens is 1. The second-order valence-electron chi connectivity index (χ2n) is 7.62. The standard InChI is InChI=1S/C27H18ClN3O3S/c28-19-13-14-23(22(15-19)25(33)18-8-2-1-3-9-18)29-24(32)16-35-27-31-30-26(34-27)21-12-6-10-17-7-4-5-11-20(17)21/h1-15H,16H2,(H,29,32). The summed E-state index contributed by atoms with van der Waals surface area (Å²) < 4.78 is 5.80. The van der Waals surface area contributed by atoms with E-state index in [0.29, 0.717) is 27.7 Å². The van der Waals surface area contributed by atoms with E-state index >= 15 is 0 Å². The molecule has 1 heterocycles. The molecule has 0 saturated carbocycles. The summed E-state index contributed by atoms with van der Waals surface area (Å²) in [4.78, 5) is 25.6. The van der Waals surface area contributed by atoms with Gasteiger partial charge in [0.05, 0.1) is 11.4 Å². The quantitative estimate of drug-likeness (QED) is 0.203. The number of rotatable bonds is 7. The number of fused-ring (bicyclic) bond motifs is 1. The van der Waals surface area contributed by atoms with Crippen molar-refractivity contribution in [3.63, 3.8) is 0 Å². The lowest BCUT2D eigenvalue weighted by molar-refractivity contribution is -0.113. The Bertz CT molecular complexity index is 1530. The smallest absolute Gasteiger partial charge is 0.277 e. The maximum atomic E-state index is 13.0. The number of aromatic nitrogens is 2. The zero-order chi connectivity index (χ0) is 24.2. The molecule has 1 amide bonds. The molecule has 0 bridgehead atoms. The molecule has 0 atom stereocenters. The lowest BCUT2D eigenvalue weighted by atomic mass is 10.0. The van der Waals surface area contributed by atoms with Crippen LogP contribution >= 0.6 is 23.4 Å². The molecule has 1 N–H and O–H groups in total. The molecule has 5 aromatic rings. The van der Waals surface area contributed by atoms with E-state index in [9.17, 15) is 9.59 Å². The van der Waals surface area contributed by atoms with Gasteiger partial charge in [0, 0.05) is 21.7 Å². The average molecular weight is 500 g/mol. The number of amides is 1. The van der Waals surface area contributed by atoms with Crippen LogP contribution in [0.5, 0.6) is 0 Å². The number of benzene rings is 4. The molecular formula is C27H18ClN3O3S. The van der Waals surface area contributed by atoms with Crippen LogP contribution in [0.3, 0.4) is 0 Å². The van der Waals surface area contributed by atoms with Crippen molar-refractivity contribution >= 4 is 51.5 Å². The molecule has 0 aliphatic carbocycles. The number of nitrogens with one attached hydrogen (secondary N) is 1. The number of hydrogen-bond acceptors (Lipinski definition) is 6. The number of hydrogen-bond donors (Lipinski definition) is 1. The van der Waals surface area contributed by atoms with Crippen molar-refractivity contribution in [3.05, 3.63) is 107 Å². The van der Waals surface area contributed by atoms with E-state index in [4.69, 9.17) is 16.0 Å². The summed E-state index contributed by atoms with van der Waals surface area (Å²) in [5.74, 6) is -0.131. The predicted octanol–water partition coefficient (Wildman–Crippen LogP) is 6.51. The summed E-state index contributed by atoms with van der Waals surface area (Å²) in [6.45, 7) is 0. The zero-order valence-corrected chi connectivity index (χ0v) is 19.8. The van der Waals surface area contributed by atoms with Crippen LogP contribution in [0.1, 0.15) is 15.9 Å². The second kappa shape index (κ2) is 10.1. The van der Waals surface area contributed by atoms with Crippen LogP contribution in [0.15, 0.2) is 101 Å². The Kier molecular flexibility index (Phi) is 6.61. The first-order valence-corrected chi connectivity index (χ1v) is 12.1. The minimum atomic E-state index is -0.315. The highest BCUT2D eigenvalue weighted by atomic mass is 35.5. The maximum Gasteiger partial charge on any atom is 0.277 e. The fourth-order valence-corrected chi connectivity index (χ4v) is 4.40. The monoisotopic (exact) mass is 499 g/mol. The minimum Gasteiger partial charge on any atom is -0.411 e. The van der Waals surface area contributed by atoms with Crippen molar-refractivity contribution in [2.24, 2.45) is 0 Å². The molecule has 0 spiro atoms. The highest BCUT2D eigenvalue weighted by Gasteiger charge is 2.17. The van der Waals surface area contributed by atoms with Gasteiger partial charge < -0.3 is 9.73 Å². The molecule has 0 saturated heterocycles. The molecule has 0 aliphatic rings. The summed E-state index contributed by atoms with van der Waals surface area (Å²) in [6.07, 6.45) is 0. The number of carbonyl (C=O) groups is 2. The summed E-state index contributed by atoms with van der Waals surface area (Å²) in [5.41, 5.74) is 2.04. The van der Waals surface area contributed by atoms with Crippen LogP contribution in [0.2, 0.25) is 5.02 Å². The number of carbonyl (C=O) groups excluding carboxylic acids is 2. The van der Waals surface area contributed by atoms with Crippen LogP contribution in [0.4, 0.5) is 5.69 Å². The van der Waals surface area contributed by atoms with E-state index in [-0.39, 0.29) is 22.7 Å². The van der Waals surface area contributed by atoms with Crippen molar-refractivity contribution < 1.29 is 14.0 Å². The Labute approximate surface area is 210 Å². The normalized spacial score (nSPS) is 10.9. The van der Waals surface area contributed by atoms with E-state index in [1.807, 2.05) is 48.5 Å². The van der Waals surface area contributed by atoms with Crippen LogP contribution in [0, 0.1) is 0 Å². The molecule has 4 aromatic carbocycles. The predicted molar refractivity (Wildman–Crippen MR) is 138 cm³/mol. The van der Waals surface area contributed by atoms with Gasteiger partial charge >= 0.3 is 0 Å². The Morgan fingerprint density at radius 1 is 0.886 bits per heavy atom. The molecule has 172 valence electrons. The fourth-order valence-electron chi connectivity index (χ4n) is 3.66. The molecule has 35 heavy (non-hydrogen) atoms. The van der Waals surface area contributed by atoms with Gasteiger partial charge in [-0.15, -0.1) is 10.2 Å². The molecule has 5 rings (SSSR count). The Hall–Kier alpha value is -3.94. The largest absolute Gasteiger partial charge is 0.411 e. The van der Waals surface area contributed by atoms with Crippen molar-refractivity contribution in [3.8, 4) is 11.5 Å². The molecule has 0 aliphatic heterocycles. The topological polar surface area (TPSA) is 85.1 Å². The number of anilines is 1. The molecule has 1 aromatic heterocycles. The van der Waals surface area contributed by atoms with Crippen LogP contribution in [-0.2, 0) is 4.79 Å². The first kappa shape index (κ1) is 22.8. The SMILES string of the molecule is O=C(CSc1nnc(-c2cccc3ccccc23)o1)Nc1ccc(Cl)cc1C(=O)c1ccccc1. The number of thioether (sulfide) groups is 1. The molecular weight excluding hydrogens is 482 g/mol. The summed E-state index contributed by atoms with van der Waals surface area (Å²) in [5, 5.41) is 13.8. The van der Waals surface area contributed by atoms with E-state index in [2.05, 4.69) is 15.5 Å². The van der Waals surface area contributed by atoms with Gasteiger partial charge in [-0.1, -0.05) is 90.1 Å². The first-order chi connectivity index (χ1) is 17.1. The minimum absolute atomic E-state index is 0.0266. The summed E-state index contributed by atoms with van der Waals surface area (Å²) >= 11 is 7.24. The first-order valence-electron chi connectivity index (χ1n) is 10.7. The lowest BCUT2D eigenvalue weighted by Crippen LogP contribution is -2.17. The maximum absolute atomic E-state index is 13.0. The van der Waals surface area contributed by atoms with Gasteiger partial charge in [0.25, 0.3) is 5.22 Å². The van der Waals surface area contributed by atoms with E-state index in [0.717, 1.165) is 28.1 Å². The fraction of sp³-hybridized carbons (Fsp3) is 0.0370. The van der Waals surface area contributed by atoms with Gasteiger partial charge in [0.1, 0.15) is 0 Å². The average Bonchev–Trinajstić information content (AvgIpc) is 3.37. The molecule has 0 radical (unpaired) electrons. The van der Waals surface area contributed by atoms with Gasteiger partial charge in [-0.2, -0.15) is 0 Å². The summed E-state index contributed by atoms with van der Waals surface area (Å²) in [7, 11) is 0. The van der Waals surface area contributed by atoms with Crippen LogP contribution in [-0.4, -0.2) is 27.6 Å². The Morgan fingerprint density at radius 3 is 2.51 bits per heavy atom. The lowest BCUT2D eigenvalue weighted by Gasteiger charge is -2.11. The van der Waals surface area contributed by atoms with E-state index in [1.165, 1.54) is 0 Å². The van der Waals surface area contributed by atoms with E-state index < -0.39 is 0 Å². The Morgan fingerprint density at radius 2 is 1.66 bits per heavy atom. The highest BCUT2D eigenvalue weighted by molar-refractivity contribution is 7.99. The molecule has 0 fully saturated rings. The third-order valence-corrected chi connectivity index (χ3v) is 6.34. The van der Waals surface area contributed by atoms with E-state index in [1.54, 1.807) is 42.5 Å². The number of nitrogens with zero attached hydrogens (tertiary/aromatic N) is 2. The van der Waals surface area contributed by atoms with Crippen LogP contribution in [0.25, 0.3) is 22.2 Å². The van der Waals surface area contributed by atoms with Gasteiger partial charge in [-0.05, 0) is 35.0 Å². The molecule has 0 unspecified atom stereocenters. The van der Waals surface area contributed by atoms with Crippen molar-refractivity contribution in [2.45, 2.75) is 5.22 Å². The highest BCUT2D eigenvalue weighted by Crippen LogP contribution is 2.30.